The molecule has 0 radical (unpaired) electrons. The zero-order valence-electron chi connectivity index (χ0n) is 13.7. The van der Waals surface area contributed by atoms with Gasteiger partial charge in [0.05, 0.1) is 0 Å². The fraction of sp³-hybridized carbons (Fsp3) is 0.353. The lowest BCUT2D eigenvalue weighted by Crippen LogP contribution is -2.25. The number of aryl methyl sites for hydroxylation is 2. The third kappa shape index (κ3) is 5.34. The average Bonchev–Trinajstić information content (AvgIpc) is 2.50. The highest BCUT2D eigenvalue weighted by molar-refractivity contribution is 5.95. The van der Waals surface area contributed by atoms with Crippen LogP contribution in [0.5, 0.6) is 0 Å². The summed E-state index contributed by atoms with van der Waals surface area (Å²) in [5.41, 5.74) is 3.16. The molecule has 0 fully saturated rings. The van der Waals surface area contributed by atoms with E-state index in [0.717, 1.165) is 23.5 Å². The molecule has 1 aromatic carbocycles. The number of nitrogens with one attached hydrogen (secondary N) is 2. The first-order valence-corrected chi connectivity index (χ1v) is 7.55. The Morgan fingerprint density at radius 3 is 2.61 bits per heavy atom. The van der Waals surface area contributed by atoms with E-state index in [1.807, 2.05) is 32.0 Å². The van der Waals surface area contributed by atoms with E-state index in [1.54, 1.807) is 19.2 Å². The summed E-state index contributed by atoms with van der Waals surface area (Å²) in [6.45, 7) is 5.06. The number of carbonyl (C=O) groups is 1. The summed E-state index contributed by atoms with van der Waals surface area (Å²) in [6, 6.07) is 9.18. The summed E-state index contributed by atoms with van der Waals surface area (Å²) in [7, 11) is 1.64. The highest BCUT2D eigenvalue weighted by Gasteiger charge is 2.07. The van der Waals surface area contributed by atoms with Gasteiger partial charge in [0.25, 0.3) is 5.91 Å². The smallest absolute Gasteiger partial charge is 0.251 e. The van der Waals surface area contributed by atoms with Gasteiger partial charge in [-0.05, 0) is 44.5 Å². The first-order valence-electron chi connectivity index (χ1n) is 7.55. The van der Waals surface area contributed by atoms with Crippen molar-refractivity contribution in [2.45, 2.75) is 20.3 Å². The molecule has 23 heavy (non-hydrogen) atoms. The molecule has 0 aliphatic heterocycles. The molecule has 1 aromatic heterocycles. The normalized spacial score (nSPS) is 10.4. The summed E-state index contributed by atoms with van der Waals surface area (Å²) in [4.78, 5) is 20.8. The van der Waals surface area contributed by atoms with Crippen LogP contribution in [-0.2, 0) is 4.74 Å². The largest absolute Gasteiger partial charge is 0.385 e. The second kappa shape index (κ2) is 8.24. The maximum atomic E-state index is 12.1. The Labute approximate surface area is 136 Å². The van der Waals surface area contributed by atoms with Crippen molar-refractivity contribution in [3.63, 3.8) is 0 Å². The maximum Gasteiger partial charge on any atom is 0.251 e. The van der Waals surface area contributed by atoms with Crippen LogP contribution in [0.2, 0.25) is 0 Å². The van der Waals surface area contributed by atoms with Crippen molar-refractivity contribution in [2.75, 3.05) is 25.6 Å². The van der Waals surface area contributed by atoms with Gasteiger partial charge >= 0.3 is 0 Å². The van der Waals surface area contributed by atoms with Gasteiger partial charge in [-0.25, -0.2) is 9.97 Å². The summed E-state index contributed by atoms with van der Waals surface area (Å²) in [6.07, 6.45) is 0.788. The van der Waals surface area contributed by atoms with E-state index < -0.39 is 0 Å². The van der Waals surface area contributed by atoms with E-state index in [1.165, 1.54) is 0 Å². The molecule has 0 atom stereocenters. The van der Waals surface area contributed by atoms with Crippen LogP contribution in [0.1, 0.15) is 28.2 Å². The van der Waals surface area contributed by atoms with Gasteiger partial charge in [0.15, 0.2) is 0 Å². The number of rotatable bonds is 7. The molecule has 0 saturated carbocycles. The number of carbonyl (C=O) groups excluding carboxylic acids is 1. The quantitative estimate of drug-likeness (QED) is 0.768. The van der Waals surface area contributed by atoms with Crippen molar-refractivity contribution in [2.24, 2.45) is 0 Å². The number of aromatic nitrogens is 2. The summed E-state index contributed by atoms with van der Waals surface area (Å²) in [5.74, 6) is 0.422. The first-order chi connectivity index (χ1) is 11.1. The lowest BCUT2D eigenvalue weighted by Gasteiger charge is -2.09. The Hall–Kier alpha value is -2.47. The lowest BCUT2D eigenvalue weighted by molar-refractivity contribution is 0.0948. The molecule has 2 aromatic rings. The molecule has 0 spiro atoms. The number of benzene rings is 1. The highest BCUT2D eigenvalue weighted by atomic mass is 16.5. The van der Waals surface area contributed by atoms with E-state index in [-0.39, 0.29) is 5.91 Å². The second-order valence-electron chi connectivity index (χ2n) is 5.28. The zero-order chi connectivity index (χ0) is 16.7. The van der Waals surface area contributed by atoms with Crippen LogP contribution in [0.4, 0.5) is 11.6 Å². The van der Waals surface area contributed by atoms with Crippen molar-refractivity contribution < 1.29 is 9.53 Å². The van der Waals surface area contributed by atoms with Crippen molar-refractivity contribution in [1.82, 2.24) is 15.3 Å². The van der Waals surface area contributed by atoms with Gasteiger partial charge in [0.2, 0.25) is 5.95 Å². The lowest BCUT2D eigenvalue weighted by atomic mass is 10.2. The average molecular weight is 314 g/mol. The number of nitrogens with zero attached hydrogens (tertiary/aromatic N) is 2. The number of anilines is 2. The molecule has 6 nitrogen and oxygen atoms in total. The van der Waals surface area contributed by atoms with Crippen LogP contribution in [-0.4, -0.2) is 36.1 Å². The first kappa shape index (κ1) is 16.9. The molecule has 0 saturated heterocycles. The van der Waals surface area contributed by atoms with Gasteiger partial charge in [-0.2, -0.15) is 0 Å². The van der Waals surface area contributed by atoms with E-state index in [9.17, 15) is 4.79 Å². The number of amides is 1. The number of ether oxygens (including phenoxy) is 1. The predicted molar refractivity (Wildman–Crippen MR) is 90.1 cm³/mol. The van der Waals surface area contributed by atoms with Gasteiger partial charge < -0.3 is 15.4 Å². The van der Waals surface area contributed by atoms with Crippen LogP contribution in [0, 0.1) is 13.8 Å². The van der Waals surface area contributed by atoms with Crippen LogP contribution in [0.15, 0.2) is 30.3 Å². The third-order valence-corrected chi connectivity index (χ3v) is 3.17. The Morgan fingerprint density at radius 2 is 1.91 bits per heavy atom. The fourth-order valence-corrected chi connectivity index (χ4v) is 2.17. The molecule has 0 unspecified atom stereocenters. The fourth-order valence-electron chi connectivity index (χ4n) is 2.17. The Bertz CT molecular complexity index is 653. The summed E-state index contributed by atoms with van der Waals surface area (Å²) in [5, 5.41) is 6.00. The molecule has 0 bridgehead atoms. The van der Waals surface area contributed by atoms with Crippen molar-refractivity contribution in [3.05, 3.63) is 47.3 Å². The Kier molecular flexibility index (Phi) is 6.05. The van der Waals surface area contributed by atoms with E-state index in [0.29, 0.717) is 24.7 Å². The molecule has 1 amide bonds. The standard InChI is InChI=1S/C17H22N4O2/c1-12-10-13(2)20-17(19-12)21-15-7-4-6-14(11-15)16(22)18-8-5-9-23-3/h4,6-7,10-11H,5,8-9H2,1-3H3,(H,18,22)(H,19,20,21). The molecular weight excluding hydrogens is 292 g/mol. The molecule has 1 heterocycles. The molecule has 2 N–H and O–H groups in total. The van der Waals surface area contributed by atoms with Crippen LogP contribution in [0.3, 0.4) is 0 Å². The second-order valence-corrected chi connectivity index (χ2v) is 5.28. The van der Waals surface area contributed by atoms with Gasteiger partial charge in [-0.3, -0.25) is 4.79 Å². The monoisotopic (exact) mass is 314 g/mol. The van der Waals surface area contributed by atoms with Gasteiger partial charge in [-0.15, -0.1) is 0 Å². The molecule has 0 aliphatic carbocycles. The minimum absolute atomic E-state index is 0.105. The zero-order valence-corrected chi connectivity index (χ0v) is 13.7. The van der Waals surface area contributed by atoms with Crippen LogP contribution in [0.25, 0.3) is 0 Å². The van der Waals surface area contributed by atoms with E-state index in [4.69, 9.17) is 4.74 Å². The van der Waals surface area contributed by atoms with Gasteiger partial charge in [0.1, 0.15) is 0 Å². The Morgan fingerprint density at radius 1 is 1.17 bits per heavy atom. The van der Waals surface area contributed by atoms with Crippen molar-refractivity contribution in [3.8, 4) is 0 Å². The van der Waals surface area contributed by atoms with Gasteiger partial charge in [0, 0.05) is 42.9 Å². The molecule has 0 aliphatic rings. The SMILES string of the molecule is COCCCNC(=O)c1cccc(Nc2nc(C)cc(C)n2)c1. The van der Waals surface area contributed by atoms with E-state index >= 15 is 0 Å². The van der Waals surface area contributed by atoms with Crippen molar-refractivity contribution >= 4 is 17.5 Å². The molecule has 6 heteroatoms. The molecular formula is C17H22N4O2. The molecule has 122 valence electrons. The number of hydrogen-bond donors (Lipinski definition) is 2. The topological polar surface area (TPSA) is 76.1 Å². The maximum absolute atomic E-state index is 12.1. The number of hydrogen-bond acceptors (Lipinski definition) is 5. The van der Waals surface area contributed by atoms with Gasteiger partial charge in [-0.1, -0.05) is 6.07 Å². The third-order valence-electron chi connectivity index (χ3n) is 3.17. The van der Waals surface area contributed by atoms with Crippen molar-refractivity contribution in [1.29, 1.82) is 0 Å². The summed E-state index contributed by atoms with van der Waals surface area (Å²) < 4.78 is 4.96. The Balaban J connectivity index is 2.03. The van der Waals surface area contributed by atoms with E-state index in [2.05, 4.69) is 20.6 Å². The highest BCUT2D eigenvalue weighted by Crippen LogP contribution is 2.15. The van der Waals surface area contributed by atoms with Crippen LogP contribution >= 0.6 is 0 Å². The predicted octanol–water partition coefficient (Wildman–Crippen LogP) is 2.60. The minimum Gasteiger partial charge on any atom is -0.385 e. The summed E-state index contributed by atoms with van der Waals surface area (Å²) >= 11 is 0. The minimum atomic E-state index is -0.105. The molecule has 2 rings (SSSR count). The van der Waals surface area contributed by atoms with Crippen LogP contribution < -0.4 is 10.6 Å². The number of methoxy groups -OCH3 is 1.